The van der Waals surface area contributed by atoms with Crippen LogP contribution in [-0.4, -0.2) is 12.6 Å². The molecule has 0 unspecified atom stereocenters. The third kappa shape index (κ3) is 1.59. The van der Waals surface area contributed by atoms with Crippen LogP contribution in [0.25, 0.3) is 0 Å². The van der Waals surface area contributed by atoms with Crippen molar-refractivity contribution in [1.82, 2.24) is 0 Å². The topological polar surface area (TPSA) is 26.3 Å². The molecule has 0 aromatic heterocycles. The van der Waals surface area contributed by atoms with Crippen LogP contribution >= 0.6 is 0 Å². The van der Waals surface area contributed by atoms with Crippen LogP contribution in [0.3, 0.4) is 0 Å². The summed E-state index contributed by atoms with van der Waals surface area (Å²) in [5.41, 5.74) is 0.863. The molecule has 10 heavy (non-hydrogen) atoms. The smallest absolute Gasteiger partial charge is 0.333 e. The zero-order valence-electron chi connectivity index (χ0n) is 6.22. The first kappa shape index (κ1) is 7.32. The average Bonchev–Trinajstić information content (AvgIpc) is 2.31. The Balaban J connectivity index is 2.46. The monoisotopic (exact) mass is 140 g/mol. The van der Waals surface area contributed by atoms with Crippen molar-refractivity contribution in [3.05, 3.63) is 11.6 Å². The molecule has 1 rings (SSSR count). The Bertz CT molecular complexity index is 159. The predicted molar refractivity (Wildman–Crippen MR) is 38.6 cm³/mol. The van der Waals surface area contributed by atoms with E-state index in [1.54, 1.807) is 0 Å². The lowest BCUT2D eigenvalue weighted by Gasteiger charge is -1.89. The summed E-state index contributed by atoms with van der Waals surface area (Å²) in [6.45, 7) is 2.67. The summed E-state index contributed by atoms with van der Waals surface area (Å²) in [5, 5.41) is 0. The second-order valence-electron chi connectivity index (χ2n) is 2.40. The van der Waals surface area contributed by atoms with Crippen molar-refractivity contribution in [2.24, 2.45) is 0 Å². The maximum absolute atomic E-state index is 10.8. The SMILES string of the molecule is CCCC=C1CCOC1=O. The molecule has 0 saturated carbocycles. The fourth-order valence-corrected chi connectivity index (χ4v) is 0.952. The molecule has 0 aromatic carbocycles. The number of allylic oxidation sites excluding steroid dienone is 1. The average molecular weight is 140 g/mol. The molecule has 0 radical (unpaired) electrons. The zero-order chi connectivity index (χ0) is 7.40. The summed E-state index contributed by atoms with van der Waals surface area (Å²) in [6.07, 6.45) is 4.87. The molecule has 0 bridgehead atoms. The van der Waals surface area contributed by atoms with E-state index in [2.05, 4.69) is 6.92 Å². The normalized spacial score (nSPS) is 21.7. The van der Waals surface area contributed by atoms with Crippen molar-refractivity contribution in [1.29, 1.82) is 0 Å². The van der Waals surface area contributed by atoms with Gasteiger partial charge in [-0.2, -0.15) is 0 Å². The molecule has 1 saturated heterocycles. The molecule has 2 nitrogen and oxygen atoms in total. The Morgan fingerprint density at radius 1 is 1.70 bits per heavy atom. The Kier molecular flexibility index (Phi) is 2.49. The highest BCUT2D eigenvalue weighted by atomic mass is 16.5. The number of carbonyl (C=O) groups is 1. The fraction of sp³-hybridized carbons (Fsp3) is 0.625. The van der Waals surface area contributed by atoms with Gasteiger partial charge in [-0.1, -0.05) is 19.4 Å². The maximum atomic E-state index is 10.8. The van der Waals surface area contributed by atoms with Crippen LogP contribution in [0.4, 0.5) is 0 Å². The molecule has 56 valence electrons. The molecule has 0 aliphatic carbocycles. The van der Waals surface area contributed by atoms with Crippen molar-refractivity contribution in [2.75, 3.05) is 6.61 Å². The number of rotatable bonds is 2. The predicted octanol–water partition coefficient (Wildman–Crippen LogP) is 1.66. The van der Waals surface area contributed by atoms with Crippen molar-refractivity contribution < 1.29 is 9.53 Å². The van der Waals surface area contributed by atoms with Gasteiger partial charge in [0.15, 0.2) is 0 Å². The second-order valence-corrected chi connectivity index (χ2v) is 2.40. The Labute approximate surface area is 60.9 Å². The second kappa shape index (κ2) is 3.40. The first-order valence-corrected chi connectivity index (χ1v) is 3.70. The lowest BCUT2D eigenvalue weighted by atomic mass is 10.2. The quantitative estimate of drug-likeness (QED) is 0.430. The molecule has 0 spiro atoms. The molecule has 1 fully saturated rings. The molecule has 2 heteroatoms. The van der Waals surface area contributed by atoms with Gasteiger partial charge in [0.2, 0.25) is 0 Å². The van der Waals surface area contributed by atoms with Gasteiger partial charge in [-0.25, -0.2) is 4.79 Å². The highest BCUT2D eigenvalue weighted by Gasteiger charge is 2.17. The molecule has 1 aliphatic heterocycles. The van der Waals surface area contributed by atoms with Crippen molar-refractivity contribution in [3.8, 4) is 0 Å². The summed E-state index contributed by atoms with van der Waals surface area (Å²) < 4.78 is 4.76. The lowest BCUT2D eigenvalue weighted by Crippen LogP contribution is -1.93. The van der Waals surface area contributed by atoms with E-state index in [1.807, 2.05) is 6.08 Å². The third-order valence-corrected chi connectivity index (χ3v) is 1.55. The van der Waals surface area contributed by atoms with E-state index in [4.69, 9.17) is 4.74 Å². The van der Waals surface area contributed by atoms with Crippen LogP contribution in [0.2, 0.25) is 0 Å². The summed E-state index contributed by atoms with van der Waals surface area (Å²) >= 11 is 0. The van der Waals surface area contributed by atoms with Gasteiger partial charge in [0.25, 0.3) is 0 Å². The molecule has 0 amide bonds. The molecular formula is C8H12O2. The lowest BCUT2D eigenvalue weighted by molar-refractivity contribution is -0.135. The summed E-state index contributed by atoms with van der Waals surface area (Å²) in [5.74, 6) is -0.117. The molecule has 0 aromatic rings. The highest BCUT2D eigenvalue weighted by Crippen LogP contribution is 2.13. The van der Waals surface area contributed by atoms with Gasteiger partial charge in [0, 0.05) is 12.0 Å². The van der Waals surface area contributed by atoms with E-state index in [1.165, 1.54) is 0 Å². The summed E-state index contributed by atoms with van der Waals surface area (Å²) in [7, 11) is 0. The van der Waals surface area contributed by atoms with E-state index >= 15 is 0 Å². The molecular weight excluding hydrogens is 128 g/mol. The van der Waals surface area contributed by atoms with Gasteiger partial charge in [-0.3, -0.25) is 0 Å². The van der Waals surface area contributed by atoms with Crippen LogP contribution in [0.5, 0.6) is 0 Å². The molecule has 1 heterocycles. The highest BCUT2D eigenvalue weighted by molar-refractivity contribution is 5.90. The molecule has 0 N–H and O–H groups in total. The van der Waals surface area contributed by atoms with Gasteiger partial charge in [-0.05, 0) is 6.42 Å². The largest absolute Gasteiger partial charge is 0.462 e. The minimum absolute atomic E-state index is 0.117. The number of cyclic esters (lactones) is 1. The number of esters is 1. The number of carbonyl (C=O) groups excluding carboxylic acids is 1. The minimum Gasteiger partial charge on any atom is -0.462 e. The van der Waals surface area contributed by atoms with Crippen LogP contribution < -0.4 is 0 Å². The van der Waals surface area contributed by atoms with Crippen LogP contribution in [0.15, 0.2) is 11.6 Å². The van der Waals surface area contributed by atoms with Crippen molar-refractivity contribution in [3.63, 3.8) is 0 Å². The van der Waals surface area contributed by atoms with Gasteiger partial charge in [0.05, 0.1) is 6.61 Å². The first-order valence-electron chi connectivity index (χ1n) is 3.70. The number of unbranched alkanes of at least 4 members (excludes halogenated alkanes) is 1. The van der Waals surface area contributed by atoms with Gasteiger partial charge < -0.3 is 4.74 Å². The standard InChI is InChI=1S/C8H12O2/c1-2-3-4-7-5-6-10-8(7)9/h4H,2-3,5-6H2,1H3. The summed E-state index contributed by atoms with van der Waals surface area (Å²) in [6, 6.07) is 0. The van der Waals surface area contributed by atoms with E-state index in [9.17, 15) is 4.79 Å². The van der Waals surface area contributed by atoms with E-state index in [0.717, 1.165) is 24.8 Å². The van der Waals surface area contributed by atoms with Crippen molar-refractivity contribution >= 4 is 5.97 Å². The van der Waals surface area contributed by atoms with E-state index in [0.29, 0.717) is 6.61 Å². The Morgan fingerprint density at radius 2 is 2.50 bits per heavy atom. The van der Waals surface area contributed by atoms with Crippen LogP contribution in [-0.2, 0) is 9.53 Å². The van der Waals surface area contributed by atoms with Crippen LogP contribution in [0, 0.1) is 0 Å². The van der Waals surface area contributed by atoms with Gasteiger partial charge in [0.1, 0.15) is 0 Å². The Hall–Kier alpha value is -0.790. The molecule has 1 aliphatic rings. The third-order valence-electron chi connectivity index (χ3n) is 1.55. The maximum Gasteiger partial charge on any atom is 0.333 e. The van der Waals surface area contributed by atoms with Crippen molar-refractivity contribution in [2.45, 2.75) is 26.2 Å². The van der Waals surface area contributed by atoms with Gasteiger partial charge in [-0.15, -0.1) is 0 Å². The first-order chi connectivity index (χ1) is 4.84. The van der Waals surface area contributed by atoms with E-state index in [-0.39, 0.29) is 5.97 Å². The number of hydrogen-bond acceptors (Lipinski definition) is 2. The summed E-state index contributed by atoms with van der Waals surface area (Å²) in [4.78, 5) is 10.8. The number of hydrogen-bond donors (Lipinski definition) is 0. The van der Waals surface area contributed by atoms with Gasteiger partial charge >= 0.3 is 5.97 Å². The number of ether oxygens (including phenoxy) is 1. The zero-order valence-corrected chi connectivity index (χ0v) is 6.22. The minimum atomic E-state index is -0.117. The van der Waals surface area contributed by atoms with Crippen LogP contribution in [0.1, 0.15) is 26.2 Å². The fourth-order valence-electron chi connectivity index (χ4n) is 0.952. The van der Waals surface area contributed by atoms with E-state index < -0.39 is 0 Å². The molecule has 0 atom stereocenters. The Morgan fingerprint density at radius 3 is 3.00 bits per heavy atom.